The van der Waals surface area contributed by atoms with Crippen molar-refractivity contribution in [3.63, 3.8) is 0 Å². The summed E-state index contributed by atoms with van der Waals surface area (Å²) >= 11 is 3.27. The zero-order valence-corrected chi connectivity index (χ0v) is 9.49. The number of rotatable bonds is 3. The molecule has 2 saturated heterocycles. The van der Waals surface area contributed by atoms with Gasteiger partial charge in [-0.05, 0) is 12.3 Å². The summed E-state index contributed by atoms with van der Waals surface area (Å²) in [5, 5.41) is 0. The van der Waals surface area contributed by atoms with Crippen molar-refractivity contribution in [1.82, 2.24) is 0 Å². The molecule has 0 aromatic rings. The Bertz CT molecular complexity index is 188. The second kappa shape index (κ2) is 3.85. The number of alkyl halides is 1. The van der Waals surface area contributed by atoms with Crippen LogP contribution < -0.4 is 0 Å². The SMILES string of the molecule is COC1C2OC(CC2C)C1OCBr. The van der Waals surface area contributed by atoms with Gasteiger partial charge in [-0.2, -0.15) is 0 Å². The molecule has 76 valence electrons. The molecular formula is C9H15BrO3. The summed E-state index contributed by atoms with van der Waals surface area (Å²) in [6, 6.07) is 0. The Morgan fingerprint density at radius 3 is 2.85 bits per heavy atom. The van der Waals surface area contributed by atoms with Crippen LogP contribution in [-0.2, 0) is 14.2 Å². The maximum Gasteiger partial charge on any atom is 0.113 e. The number of fused-ring (bicyclic) bond motifs is 2. The number of hydrogen-bond acceptors (Lipinski definition) is 3. The Kier molecular flexibility index (Phi) is 2.93. The molecule has 0 radical (unpaired) electrons. The molecule has 5 atom stereocenters. The molecule has 2 rings (SSSR count). The van der Waals surface area contributed by atoms with Gasteiger partial charge in [0.25, 0.3) is 0 Å². The molecule has 2 heterocycles. The zero-order chi connectivity index (χ0) is 9.42. The van der Waals surface area contributed by atoms with Gasteiger partial charge in [-0.3, -0.25) is 0 Å². The fraction of sp³-hybridized carbons (Fsp3) is 1.00. The van der Waals surface area contributed by atoms with Crippen LogP contribution in [0.25, 0.3) is 0 Å². The molecule has 0 amide bonds. The lowest BCUT2D eigenvalue weighted by Crippen LogP contribution is -2.43. The van der Waals surface area contributed by atoms with Gasteiger partial charge in [0, 0.05) is 7.11 Å². The minimum atomic E-state index is 0.116. The van der Waals surface area contributed by atoms with Crippen molar-refractivity contribution >= 4 is 15.9 Å². The van der Waals surface area contributed by atoms with Crippen molar-refractivity contribution in [2.75, 3.05) is 12.6 Å². The third-order valence-corrected chi connectivity index (χ3v) is 3.30. The predicted octanol–water partition coefficient (Wildman–Crippen LogP) is 1.55. The molecule has 0 saturated carbocycles. The number of methoxy groups -OCH3 is 1. The first kappa shape index (κ1) is 9.90. The van der Waals surface area contributed by atoms with Crippen LogP contribution in [0.1, 0.15) is 13.3 Å². The van der Waals surface area contributed by atoms with Crippen molar-refractivity contribution in [3.8, 4) is 0 Å². The monoisotopic (exact) mass is 250 g/mol. The second-order valence-corrected chi connectivity index (χ2v) is 4.25. The summed E-state index contributed by atoms with van der Waals surface area (Å²) in [5.74, 6) is 0.602. The molecule has 2 fully saturated rings. The Hall–Kier alpha value is 0.360. The normalized spacial score (nSPS) is 48.7. The highest BCUT2D eigenvalue weighted by Gasteiger charge is 2.53. The van der Waals surface area contributed by atoms with Gasteiger partial charge in [0.15, 0.2) is 0 Å². The van der Waals surface area contributed by atoms with E-state index in [0.29, 0.717) is 11.4 Å². The zero-order valence-electron chi connectivity index (χ0n) is 7.90. The number of halogens is 1. The van der Waals surface area contributed by atoms with E-state index in [1.54, 1.807) is 7.11 Å². The van der Waals surface area contributed by atoms with Gasteiger partial charge in [-0.15, -0.1) is 0 Å². The summed E-state index contributed by atoms with van der Waals surface area (Å²) in [6.45, 7) is 2.21. The molecule has 0 aromatic carbocycles. The lowest BCUT2D eigenvalue weighted by atomic mass is 9.86. The molecule has 2 bridgehead atoms. The summed E-state index contributed by atoms with van der Waals surface area (Å²) in [7, 11) is 1.73. The van der Waals surface area contributed by atoms with Gasteiger partial charge in [-0.1, -0.05) is 22.9 Å². The molecule has 2 aliphatic heterocycles. The first-order chi connectivity index (χ1) is 6.27. The van der Waals surface area contributed by atoms with Gasteiger partial charge in [0.1, 0.15) is 17.7 Å². The van der Waals surface area contributed by atoms with Crippen molar-refractivity contribution in [1.29, 1.82) is 0 Å². The van der Waals surface area contributed by atoms with E-state index in [9.17, 15) is 0 Å². The van der Waals surface area contributed by atoms with Crippen molar-refractivity contribution in [3.05, 3.63) is 0 Å². The van der Waals surface area contributed by atoms with Crippen LogP contribution >= 0.6 is 15.9 Å². The standard InChI is InChI=1S/C9H15BrO3/c1-5-3-6-8(12-4-10)9(11-2)7(5)13-6/h5-9H,3-4H2,1-2H3. The van der Waals surface area contributed by atoms with E-state index in [-0.39, 0.29) is 24.4 Å². The quantitative estimate of drug-likeness (QED) is 0.712. The van der Waals surface area contributed by atoms with Crippen LogP contribution in [0.5, 0.6) is 0 Å². The summed E-state index contributed by atoms with van der Waals surface area (Å²) < 4.78 is 16.7. The average Bonchev–Trinajstić information content (AvgIpc) is 2.62. The van der Waals surface area contributed by atoms with Crippen LogP contribution in [0.3, 0.4) is 0 Å². The van der Waals surface area contributed by atoms with E-state index in [4.69, 9.17) is 14.2 Å². The van der Waals surface area contributed by atoms with Gasteiger partial charge in [-0.25, -0.2) is 0 Å². The van der Waals surface area contributed by atoms with Gasteiger partial charge < -0.3 is 14.2 Å². The van der Waals surface area contributed by atoms with Crippen molar-refractivity contribution in [2.24, 2.45) is 5.92 Å². The molecule has 13 heavy (non-hydrogen) atoms. The first-order valence-electron chi connectivity index (χ1n) is 4.63. The Morgan fingerprint density at radius 1 is 1.46 bits per heavy atom. The average molecular weight is 251 g/mol. The molecule has 2 aliphatic rings. The van der Waals surface area contributed by atoms with Crippen LogP contribution in [0.2, 0.25) is 0 Å². The van der Waals surface area contributed by atoms with Gasteiger partial charge in [0.2, 0.25) is 0 Å². The topological polar surface area (TPSA) is 27.7 Å². The van der Waals surface area contributed by atoms with E-state index in [1.165, 1.54) is 0 Å². The molecule has 4 heteroatoms. The molecule has 0 spiro atoms. The maximum absolute atomic E-state index is 5.78. The van der Waals surface area contributed by atoms with Crippen LogP contribution in [0.4, 0.5) is 0 Å². The predicted molar refractivity (Wildman–Crippen MR) is 51.9 cm³/mol. The third-order valence-electron chi connectivity index (χ3n) is 3.04. The molecule has 0 N–H and O–H groups in total. The molecular weight excluding hydrogens is 236 g/mol. The third kappa shape index (κ3) is 1.54. The highest BCUT2D eigenvalue weighted by molar-refractivity contribution is 9.09. The fourth-order valence-electron chi connectivity index (χ4n) is 2.45. The summed E-state index contributed by atoms with van der Waals surface area (Å²) in [6.07, 6.45) is 1.81. The number of ether oxygens (including phenoxy) is 3. The minimum Gasteiger partial charge on any atom is -0.376 e. The second-order valence-electron chi connectivity index (χ2n) is 3.79. The smallest absolute Gasteiger partial charge is 0.113 e. The minimum absolute atomic E-state index is 0.116. The highest BCUT2D eigenvalue weighted by Crippen LogP contribution is 2.41. The molecule has 0 aromatic heterocycles. The summed E-state index contributed by atoms with van der Waals surface area (Å²) in [4.78, 5) is 0. The Morgan fingerprint density at radius 2 is 2.23 bits per heavy atom. The van der Waals surface area contributed by atoms with E-state index in [0.717, 1.165) is 6.42 Å². The highest BCUT2D eigenvalue weighted by atomic mass is 79.9. The Labute approximate surface area is 86.9 Å². The number of hydrogen-bond donors (Lipinski definition) is 0. The van der Waals surface area contributed by atoms with E-state index in [1.807, 2.05) is 0 Å². The fourth-order valence-corrected chi connectivity index (χ4v) is 2.75. The van der Waals surface area contributed by atoms with Crippen LogP contribution in [0.15, 0.2) is 0 Å². The van der Waals surface area contributed by atoms with Gasteiger partial charge >= 0.3 is 0 Å². The Balaban J connectivity index is 2.05. The molecule has 5 unspecified atom stereocenters. The van der Waals surface area contributed by atoms with E-state index >= 15 is 0 Å². The maximum atomic E-state index is 5.78. The van der Waals surface area contributed by atoms with E-state index < -0.39 is 0 Å². The van der Waals surface area contributed by atoms with E-state index in [2.05, 4.69) is 22.9 Å². The summed E-state index contributed by atoms with van der Waals surface area (Å²) in [5.41, 5.74) is 0.554. The largest absolute Gasteiger partial charge is 0.376 e. The van der Waals surface area contributed by atoms with Crippen LogP contribution in [0, 0.1) is 5.92 Å². The molecule has 0 aliphatic carbocycles. The molecule has 3 nitrogen and oxygen atoms in total. The first-order valence-corrected chi connectivity index (χ1v) is 5.76. The van der Waals surface area contributed by atoms with Crippen molar-refractivity contribution in [2.45, 2.75) is 37.8 Å². The van der Waals surface area contributed by atoms with Crippen LogP contribution in [-0.4, -0.2) is 37.0 Å². The van der Waals surface area contributed by atoms with Gasteiger partial charge in [0.05, 0.1) is 12.2 Å². The van der Waals surface area contributed by atoms with Crippen molar-refractivity contribution < 1.29 is 14.2 Å². The lowest BCUT2D eigenvalue weighted by molar-refractivity contribution is -0.0533. The lowest BCUT2D eigenvalue weighted by Gasteiger charge is -2.29.